The van der Waals surface area contributed by atoms with Gasteiger partial charge in [0.1, 0.15) is 0 Å². The second-order valence-electron chi connectivity index (χ2n) is 4.33. The molecule has 94 valence electrons. The molecule has 1 unspecified atom stereocenters. The van der Waals surface area contributed by atoms with Crippen molar-refractivity contribution in [1.29, 1.82) is 0 Å². The molecule has 0 aliphatic carbocycles. The van der Waals surface area contributed by atoms with Gasteiger partial charge in [-0.15, -0.1) is 0 Å². The van der Waals surface area contributed by atoms with Crippen LogP contribution in [0.5, 0.6) is 0 Å². The fourth-order valence-electron chi connectivity index (χ4n) is 1.61. The molecule has 2 N–H and O–H groups in total. The molecule has 1 aromatic rings. The van der Waals surface area contributed by atoms with E-state index in [2.05, 4.69) is 54.8 Å². The first-order chi connectivity index (χ1) is 8.22. The molecular formula is C14H22N2S. The van der Waals surface area contributed by atoms with Gasteiger partial charge in [-0.25, -0.2) is 0 Å². The molecule has 0 aliphatic rings. The van der Waals surface area contributed by atoms with Crippen molar-refractivity contribution in [2.75, 3.05) is 6.54 Å². The molecule has 0 saturated heterocycles. The van der Waals surface area contributed by atoms with Crippen molar-refractivity contribution in [3.05, 3.63) is 35.9 Å². The van der Waals surface area contributed by atoms with Gasteiger partial charge in [0.2, 0.25) is 0 Å². The van der Waals surface area contributed by atoms with E-state index in [-0.39, 0.29) is 0 Å². The zero-order valence-electron chi connectivity index (χ0n) is 10.7. The van der Waals surface area contributed by atoms with Crippen LogP contribution in [0, 0.1) is 0 Å². The van der Waals surface area contributed by atoms with Gasteiger partial charge in [0.25, 0.3) is 0 Å². The lowest BCUT2D eigenvalue weighted by molar-refractivity contribution is 0.599. The number of hydrogen-bond donors (Lipinski definition) is 2. The van der Waals surface area contributed by atoms with Crippen LogP contribution in [0.3, 0.4) is 0 Å². The molecule has 3 heteroatoms. The second-order valence-corrected chi connectivity index (χ2v) is 4.73. The molecular weight excluding hydrogens is 228 g/mol. The molecule has 0 radical (unpaired) electrons. The normalized spacial score (nSPS) is 11.9. The summed E-state index contributed by atoms with van der Waals surface area (Å²) in [5.41, 5.74) is 1.38. The highest BCUT2D eigenvalue weighted by molar-refractivity contribution is 7.80. The third-order valence-electron chi connectivity index (χ3n) is 2.62. The van der Waals surface area contributed by atoms with Crippen LogP contribution < -0.4 is 10.6 Å². The first kappa shape index (κ1) is 14.0. The molecule has 0 fully saturated rings. The van der Waals surface area contributed by atoms with Crippen LogP contribution in [0.25, 0.3) is 0 Å². The molecule has 0 heterocycles. The quantitative estimate of drug-likeness (QED) is 0.759. The predicted octanol–water partition coefficient (Wildman–Crippen LogP) is 2.88. The van der Waals surface area contributed by atoms with E-state index in [1.165, 1.54) is 5.56 Å². The second kappa shape index (κ2) is 8.07. The lowest BCUT2D eigenvalue weighted by atomic mass is 10.1. The SMILES string of the molecule is CCCNC(=S)NC(C)CCc1ccccc1. The molecule has 0 spiro atoms. The maximum atomic E-state index is 5.20. The largest absolute Gasteiger partial charge is 0.363 e. The van der Waals surface area contributed by atoms with E-state index in [4.69, 9.17) is 12.2 Å². The Labute approximate surface area is 110 Å². The molecule has 0 bridgehead atoms. The highest BCUT2D eigenvalue weighted by Gasteiger charge is 2.03. The van der Waals surface area contributed by atoms with E-state index in [1.54, 1.807) is 0 Å². The summed E-state index contributed by atoms with van der Waals surface area (Å²) in [6.45, 7) is 5.24. The number of benzene rings is 1. The van der Waals surface area contributed by atoms with E-state index in [0.29, 0.717) is 6.04 Å². The minimum atomic E-state index is 0.409. The summed E-state index contributed by atoms with van der Waals surface area (Å²) in [7, 11) is 0. The summed E-state index contributed by atoms with van der Waals surface area (Å²) in [5.74, 6) is 0. The number of thiocarbonyl (C=S) groups is 1. The average Bonchev–Trinajstić information content (AvgIpc) is 2.35. The summed E-state index contributed by atoms with van der Waals surface area (Å²) < 4.78 is 0. The van der Waals surface area contributed by atoms with Crippen LogP contribution in [-0.4, -0.2) is 17.7 Å². The van der Waals surface area contributed by atoms with Crippen molar-refractivity contribution in [3.63, 3.8) is 0 Å². The Kier molecular flexibility index (Phi) is 6.63. The van der Waals surface area contributed by atoms with Gasteiger partial charge < -0.3 is 10.6 Å². The van der Waals surface area contributed by atoms with Crippen LogP contribution >= 0.6 is 12.2 Å². The zero-order chi connectivity index (χ0) is 12.5. The van der Waals surface area contributed by atoms with Gasteiger partial charge >= 0.3 is 0 Å². The molecule has 1 rings (SSSR count). The Bertz CT molecular complexity index is 324. The third-order valence-corrected chi connectivity index (χ3v) is 2.88. The van der Waals surface area contributed by atoms with Gasteiger partial charge in [0.15, 0.2) is 5.11 Å². The van der Waals surface area contributed by atoms with Crippen LogP contribution in [0.1, 0.15) is 32.3 Å². The van der Waals surface area contributed by atoms with Gasteiger partial charge in [-0.3, -0.25) is 0 Å². The monoisotopic (exact) mass is 250 g/mol. The minimum absolute atomic E-state index is 0.409. The Morgan fingerprint density at radius 2 is 2.00 bits per heavy atom. The number of hydrogen-bond acceptors (Lipinski definition) is 1. The number of nitrogens with one attached hydrogen (secondary N) is 2. The highest BCUT2D eigenvalue weighted by atomic mass is 32.1. The Hall–Kier alpha value is -1.09. The third kappa shape index (κ3) is 6.27. The van der Waals surface area contributed by atoms with Crippen LogP contribution in [-0.2, 0) is 6.42 Å². The van der Waals surface area contributed by atoms with E-state index in [9.17, 15) is 0 Å². The van der Waals surface area contributed by atoms with Gasteiger partial charge in [-0.2, -0.15) is 0 Å². The maximum absolute atomic E-state index is 5.20. The average molecular weight is 250 g/mol. The molecule has 0 amide bonds. The summed E-state index contributed by atoms with van der Waals surface area (Å²) in [6, 6.07) is 11.0. The molecule has 0 aliphatic heterocycles. The van der Waals surface area contributed by atoms with Crippen molar-refractivity contribution < 1.29 is 0 Å². The van der Waals surface area contributed by atoms with Crippen LogP contribution in [0.15, 0.2) is 30.3 Å². The summed E-state index contributed by atoms with van der Waals surface area (Å²) in [5, 5.41) is 7.26. The molecule has 1 atom stereocenters. The van der Waals surface area contributed by atoms with E-state index >= 15 is 0 Å². The fraction of sp³-hybridized carbons (Fsp3) is 0.500. The lowest BCUT2D eigenvalue weighted by Gasteiger charge is -2.16. The molecule has 0 aromatic heterocycles. The van der Waals surface area contributed by atoms with Crippen molar-refractivity contribution in [2.24, 2.45) is 0 Å². The van der Waals surface area contributed by atoms with Gasteiger partial charge in [-0.1, -0.05) is 37.3 Å². The van der Waals surface area contributed by atoms with Crippen molar-refractivity contribution in [3.8, 4) is 0 Å². The van der Waals surface area contributed by atoms with Crippen LogP contribution in [0.2, 0.25) is 0 Å². The summed E-state index contributed by atoms with van der Waals surface area (Å²) >= 11 is 5.20. The first-order valence-corrected chi connectivity index (χ1v) is 6.71. The standard InChI is InChI=1S/C14H22N2S/c1-3-11-15-14(17)16-12(2)9-10-13-7-5-4-6-8-13/h4-8,12H,3,9-11H2,1-2H3,(H2,15,16,17). The molecule has 1 aromatic carbocycles. The maximum Gasteiger partial charge on any atom is 0.166 e. The lowest BCUT2D eigenvalue weighted by Crippen LogP contribution is -2.40. The van der Waals surface area contributed by atoms with Gasteiger partial charge in [0.05, 0.1) is 0 Å². The summed E-state index contributed by atoms with van der Waals surface area (Å²) in [6.07, 6.45) is 3.28. The van der Waals surface area contributed by atoms with Crippen LogP contribution in [0.4, 0.5) is 0 Å². The van der Waals surface area contributed by atoms with Crippen molar-refractivity contribution in [1.82, 2.24) is 10.6 Å². The Balaban J connectivity index is 2.21. The minimum Gasteiger partial charge on any atom is -0.363 e. The summed E-state index contributed by atoms with van der Waals surface area (Å²) in [4.78, 5) is 0. The predicted molar refractivity (Wildman–Crippen MR) is 78.3 cm³/mol. The number of aryl methyl sites for hydroxylation is 1. The fourth-order valence-corrected chi connectivity index (χ4v) is 1.92. The number of rotatable bonds is 6. The van der Waals surface area contributed by atoms with E-state index in [0.717, 1.165) is 30.9 Å². The van der Waals surface area contributed by atoms with Crippen molar-refractivity contribution in [2.45, 2.75) is 39.2 Å². The van der Waals surface area contributed by atoms with Gasteiger partial charge in [-0.05, 0) is 44.0 Å². The van der Waals surface area contributed by atoms with E-state index < -0.39 is 0 Å². The van der Waals surface area contributed by atoms with Gasteiger partial charge in [0, 0.05) is 12.6 Å². The van der Waals surface area contributed by atoms with E-state index in [1.807, 2.05) is 0 Å². The molecule has 2 nitrogen and oxygen atoms in total. The highest BCUT2D eigenvalue weighted by Crippen LogP contribution is 2.04. The van der Waals surface area contributed by atoms with Crippen molar-refractivity contribution >= 4 is 17.3 Å². The smallest absolute Gasteiger partial charge is 0.166 e. The zero-order valence-corrected chi connectivity index (χ0v) is 11.5. The molecule has 17 heavy (non-hydrogen) atoms. The molecule has 0 saturated carbocycles. The Morgan fingerprint density at radius 1 is 1.29 bits per heavy atom. The topological polar surface area (TPSA) is 24.1 Å². The first-order valence-electron chi connectivity index (χ1n) is 6.30. The Morgan fingerprint density at radius 3 is 2.65 bits per heavy atom.